The Kier molecular flexibility index (Phi) is 7.72. The van der Waals surface area contributed by atoms with Gasteiger partial charge in [-0.3, -0.25) is 0 Å². The second kappa shape index (κ2) is 10.5. The van der Waals surface area contributed by atoms with Crippen molar-refractivity contribution < 1.29 is 31.4 Å². The molecule has 0 aromatic heterocycles. The number of benzene rings is 3. The Labute approximate surface area is 183 Å². The van der Waals surface area contributed by atoms with E-state index in [0.717, 1.165) is 37.8 Å². The number of halogens is 5. The Bertz CT molecular complexity index is 1030. The molecule has 0 aliphatic heterocycles. The molecule has 0 spiro atoms. The molecule has 7 heteroatoms. The van der Waals surface area contributed by atoms with Gasteiger partial charge in [0.25, 0.3) is 0 Å². The van der Waals surface area contributed by atoms with E-state index in [1.807, 2.05) is 0 Å². The minimum Gasteiger partial charge on any atom is -0.493 e. The SMILES string of the molecule is CCCCCCOc1ccc(-c2ccc(-c3ccc(OC(F)(F)F)cc3)c(F)c2)c(F)c1. The lowest BCUT2D eigenvalue weighted by atomic mass is 9.99. The fraction of sp³-hybridized carbons (Fsp3) is 0.280. The van der Waals surface area contributed by atoms with Crippen molar-refractivity contribution in [3.05, 3.63) is 72.3 Å². The molecular formula is C25H23F5O2. The number of hydrogen-bond donors (Lipinski definition) is 0. The van der Waals surface area contributed by atoms with E-state index in [0.29, 0.717) is 23.5 Å². The van der Waals surface area contributed by atoms with E-state index in [2.05, 4.69) is 11.7 Å². The molecule has 0 unspecified atom stereocenters. The van der Waals surface area contributed by atoms with Crippen LogP contribution >= 0.6 is 0 Å². The summed E-state index contributed by atoms with van der Waals surface area (Å²) in [5.41, 5.74) is 1.12. The van der Waals surface area contributed by atoms with Crippen LogP contribution in [0.25, 0.3) is 22.3 Å². The summed E-state index contributed by atoms with van der Waals surface area (Å²) >= 11 is 0. The first-order valence-corrected chi connectivity index (χ1v) is 10.4. The van der Waals surface area contributed by atoms with E-state index in [9.17, 15) is 22.0 Å². The lowest BCUT2D eigenvalue weighted by Gasteiger charge is -2.11. The van der Waals surface area contributed by atoms with Crippen LogP contribution in [-0.4, -0.2) is 13.0 Å². The molecule has 0 radical (unpaired) electrons. The molecular weight excluding hydrogens is 427 g/mol. The molecule has 3 aromatic carbocycles. The smallest absolute Gasteiger partial charge is 0.493 e. The van der Waals surface area contributed by atoms with Gasteiger partial charge in [0, 0.05) is 17.2 Å². The largest absolute Gasteiger partial charge is 0.573 e. The van der Waals surface area contributed by atoms with Crippen LogP contribution < -0.4 is 9.47 Å². The summed E-state index contributed by atoms with van der Waals surface area (Å²) < 4.78 is 75.5. The Morgan fingerprint density at radius 3 is 1.91 bits per heavy atom. The Morgan fingerprint density at radius 1 is 0.688 bits per heavy atom. The van der Waals surface area contributed by atoms with Crippen molar-refractivity contribution in [1.29, 1.82) is 0 Å². The summed E-state index contributed by atoms with van der Waals surface area (Å²) in [6, 6.07) is 13.5. The van der Waals surface area contributed by atoms with Gasteiger partial charge in [-0.2, -0.15) is 0 Å². The predicted octanol–water partition coefficient (Wildman–Crippen LogP) is 8.16. The molecule has 0 saturated carbocycles. The molecule has 0 atom stereocenters. The van der Waals surface area contributed by atoms with Gasteiger partial charge >= 0.3 is 6.36 Å². The predicted molar refractivity (Wildman–Crippen MR) is 114 cm³/mol. The molecule has 0 amide bonds. The van der Waals surface area contributed by atoms with E-state index in [1.54, 1.807) is 12.1 Å². The average molecular weight is 450 g/mol. The number of alkyl halides is 3. The first-order chi connectivity index (χ1) is 15.3. The Hall–Kier alpha value is -3.09. The van der Waals surface area contributed by atoms with Gasteiger partial charge in [0.2, 0.25) is 0 Å². The third-order valence-electron chi connectivity index (χ3n) is 4.89. The zero-order valence-corrected chi connectivity index (χ0v) is 17.5. The maximum absolute atomic E-state index is 14.7. The van der Waals surface area contributed by atoms with Crippen LogP contribution in [-0.2, 0) is 0 Å². The van der Waals surface area contributed by atoms with Crippen LogP contribution in [0.1, 0.15) is 32.6 Å². The first kappa shape index (κ1) is 23.6. The summed E-state index contributed by atoms with van der Waals surface area (Å²) in [7, 11) is 0. The van der Waals surface area contributed by atoms with Crippen LogP contribution in [0, 0.1) is 11.6 Å². The second-order valence-corrected chi connectivity index (χ2v) is 7.32. The average Bonchev–Trinajstić information content (AvgIpc) is 2.73. The van der Waals surface area contributed by atoms with Crippen LogP contribution in [0.5, 0.6) is 11.5 Å². The summed E-state index contributed by atoms with van der Waals surface area (Å²) in [5.74, 6) is -1.13. The van der Waals surface area contributed by atoms with Crippen molar-refractivity contribution in [1.82, 2.24) is 0 Å². The molecule has 0 N–H and O–H groups in total. The molecule has 0 fully saturated rings. The van der Waals surface area contributed by atoms with E-state index < -0.39 is 23.7 Å². The van der Waals surface area contributed by atoms with Gasteiger partial charge < -0.3 is 9.47 Å². The maximum atomic E-state index is 14.7. The molecule has 0 aliphatic carbocycles. The van der Waals surface area contributed by atoms with Gasteiger partial charge in [-0.25, -0.2) is 8.78 Å². The minimum absolute atomic E-state index is 0.180. The summed E-state index contributed by atoms with van der Waals surface area (Å²) in [6.07, 6.45) is -0.595. The zero-order valence-electron chi connectivity index (χ0n) is 17.5. The van der Waals surface area contributed by atoms with E-state index >= 15 is 0 Å². The summed E-state index contributed by atoms with van der Waals surface area (Å²) in [4.78, 5) is 0. The van der Waals surface area contributed by atoms with Gasteiger partial charge in [0.1, 0.15) is 23.1 Å². The fourth-order valence-electron chi connectivity index (χ4n) is 3.29. The highest BCUT2D eigenvalue weighted by Crippen LogP contribution is 2.32. The lowest BCUT2D eigenvalue weighted by Crippen LogP contribution is -2.16. The molecule has 170 valence electrons. The van der Waals surface area contributed by atoms with Crippen molar-refractivity contribution in [3.63, 3.8) is 0 Å². The normalized spacial score (nSPS) is 11.4. The van der Waals surface area contributed by atoms with Crippen LogP contribution in [0.3, 0.4) is 0 Å². The minimum atomic E-state index is -4.80. The highest BCUT2D eigenvalue weighted by molar-refractivity contribution is 5.72. The number of ether oxygens (including phenoxy) is 2. The van der Waals surface area contributed by atoms with Crippen LogP contribution in [0.15, 0.2) is 60.7 Å². The maximum Gasteiger partial charge on any atom is 0.573 e. The van der Waals surface area contributed by atoms with E-state index in [1.165, 1.54) is 36.4 Å². The van der Waals surface area contributed by atoms with Crippen molar-refractivity contribution in [2.75, 3.05) is 6.61 Å². The van der Waals surface area contributed by atoms with Gasteiger partial charge in [0.15, 0.2) is 0 Å². The highest BCUT2D eigenvalue weighted by Gasteiger charge is 2.31. The monoisotopic (exact) mass is 450 g/mol. The fourth-order valence-corrected chi connectivity index (χ4v) is 3.29. The molecule has 0 aliphatic rings. The third-order valence-corrected chi connectivity index (χ3v) is 4.89. The lowest BCUT2D eigenvalue weighted by molar-refractivity contribution is -0.274. The van der Waals surface area contributed by atoms with Crippen molar-refractivity contribution in [2.24, 2.45) is 0 Å². The molecule has 3 aromatic rings. The quantitative estimate of drug-likeness (QED) is 0.242. The van der Waals surface area contributed by atoms with Gasteiger partial charge in [0.05, 0.1) is 6.61 Å². The Morgan fingerprint density at radius 2 is 1.28 bits per heavy atom. The van der Waals surface area contributed by atoms with Crippen molar-refractivity contribution >= 4 is 0 Å². The summed E-state index contributed by atoms with van der Waals surface area (Å²) in [5, 5.41) is 0. The van der Waals surface area contributed by atoms with Crippen molar-refractivity contribution in [3.8, 4) is 33.8 Å². The molecule has 3 rings (SSSR count). The molecule has 0 saturated heterocycles. The third kappa shape index (κ3) is 6.45. The highest BCUT2D eigenvalue weighted by atomic mass is 19.4. The molecule has 2 nitrogen and oxygen atoms in total. The van der Waals surface area contributed by atoms with Crippen LogP contribution in [0.2, 0.25) is 0 Å². The van der Waals surface area contributed by atoms with Gasteiger partial charge in [-0.1, -0.05) is 50.5 Å². The number of unbranched alkanes of at least 4 members (excludes halogenated alkanes) is 3. The van der Waals surface area contributed by atoms with E-state index in [-0.39, 0.29) is 11.1 Å². The van der Waals surface area contributed by atoms with Gasteiger partial charge in [-0.05, 0) is 47.9 Å². The van der Waals surface area contributed by atoms with Gasteiger partial charge in [-0.15, -0.1) is 13.2 Å². The molecule has 0 heterocycles. The van der Waals surface area contributed by atoms with Crippen LogP contribution in [0.4, 0.5) is 22.0 Å². The molecule has 32 heavy (non-hydrogen) atoms. The first-order valence-electron chi connectivity index (χ1n) is 10.4. The van der Waals surface area contributed by atoms with Crippen molar-refractivity contribution in [2.45, 2.75) is 39.0 Å². The summed E-state index contributed by atoms with van der Waals surface area (Å²) in [6.45, 7) is 2.63. The zero-order chi connectivity index (χ0) is 23.1. The second-order valence-electron chi connectivity index (χ2n) is 7.32. The number of hydrogen-bond acceptors (Lipinski definition) is 2. The number of rotatable bonds is 9. The molecule has 0 bridgehead atoms. The van der Waals surface area contributed by atoms with E-state index in [4.69, 9.17) is 4.74 Å². The topological polar surface area (TPSA) is 18.5 Å². The Balaban J connectivity index is 1.72. The standard InChI is InChI=1S/C25H23F5O2/c1-2-3-4-5-14-31-20-11-13-22(24(27)16-20)18-8-12-21(23(26)15-18)17-6-9-19(10-7-17)32-25(28,29)30/h6-13,15-16H,2-5,14H2,1H3.